The van der Waals surface area contributed by atoms with Crippen molar-refractivity contribution in [2.24, 2.45) is 0 Å². The Morgan fingerprint density at radius 3 is 2.52 bits per heavy atom. The van der Waals surface area contributed by atoms with Crippen molar-refractivity contribution in [3.05, 3.63) is 94.3 Å². The van der Waals surface area contributed by atoms with E-state index < -0.39 is 11.8 Å². The van der Waals surface area contributed by atoms with Crippen LogP contribution < -0.4 is 10.1 Å². The van der Waals surface area contributed by atoms with E-state index in [9.17, 15) is 9.18 Å². The Balaban J connectivity index is 1.61. The third kappa shape index (κ3) is 4.99. The number of carboxylic acid groups (broad SMARTS) is 1. The summed E-state index contributed by atoms with van der Waals surface area (Å²) in [4.78, 5) is 10.9. The molecular weight excluding hydrogens is 369 g/mol. The number of hydrogen-bond acceptors (Lipinski definition) is 3. The zero-order valence-electron chi connectivity index (χ0n) is 14.3. The maximum absolute atomic E-state index is 13.8. The number of carboxylic acids is 1. The summed E-state index contributed by atoms with van der Waals surface area (Å²) in [5, 5.41) is 12.5. The van der Waals surface area contributed by atoms with Gasteiger partial charge in [0.05, 0.1) is 10.6 Å². The normalized spacial score (nSPS) is 10.4. The minimum Gasteiger partial charge on any atom is -0.489 e. The monoisotopic (exact) mass is 385 g/mol. The molecule has 0 saturated heterocycles. The van der Waals surface area contributed by atoms with Gasteiger partial charge < -0.3 is 15.2 Å². The van der Waals surface area contributed by atoms with Gasteiger partial charge in [-0.25, -0.2) is 9.18 Å². The van der Waals surface area contributed by atoms with Crippen LogP contribution in [0.4, 0.5) is 10.1 Å². The molecule has 0 unspecified atom stereocenters. The second-order valence-corrected chi connectivity index (χ2v) is 6.28. The number of aromatic carboxylic acids is 1. The van der Waals surface area contributed by atoms with Crippen LogP contribution in [0.1, 0.15) is 21.5 Å². The highest BCUT2D eigenvalue weighted by Crippen LogP contribution is 2.22. The Hall–Kier alpha value is -3.05. The molecule has 0 aliphatic carbocycles. The van der Waals surface area contributed by atoms with Crippen LogP contribution in [0.25, 0.3) is 0 Å². The third-order valence-electron chi connectivity index (χ3n) is 3.97. The molecule has 138 valence electrons. The average molecular weight is 386 g/mol. The predicted molar refractivity (Wildman–Crippen MR) is 103 cm³/mol. The molecule has 4 nitrogen and oxygen atoms in total. The molecule has 0 aliphatic rings. The minimum atomic E-state index is -0.957. The Kier molecular flexibility index (Phi) is 5.94. The molecule has 6 heteroatoms. The Morgan fingerprint density at radius 1 is 1.07 bits per heavy atom. The van der Waals surface area contributed by atoms with Crippen LogP contribution in [0.3, 0.4) is 0 Å². The van der Waals surface area contributed by atoms with Gasteiger partial charge in [0.2, 0.25) is 0 Å². The molecule has 2 N–H and O–H groups in total. The molecule has 0 heterocycles. The van der Waals surface area contributed by atoms with Crippen molar-refractivity contribution in [1.29, 1.82) is 0 Å². The smallest absolute Gasteiger partial charge is 0.335 e. The highest BCUT2D eigenvalue weighted by atomic mass is 35.5. The first-order valence-corrected chi connectivity index (χ1v) is 8.62. The highest BCUT2D eigenvalue weighted by molar-refractivity contribution is 6.31. The van der Waals surface area contributed by atoms with Crippen LogP contribution >= 0.6 is 11.6 Å². The first kappa shape index (κ1) is 18.7. The van der Waals surface area contributed by atoms with E-state index in [1.165, 1.54) is 6.07 Å². The van der Waals surface area contributed by atoms with Crippen molar-refractivity contribution >= 4 is 23.3 Å². The zero-order valence-corrected chi connectivity index (χ0v) is 15.0. The van der Waals surface area contributed by atoms with E-state index in [2.05, 4.69) is 5.32 Å². The second kappa shape index (κ2) is 8.56. The van der Waals surface area contributed by atoms with E-state index in [-0.39, 0.29) is 12.2 Å². The molecule has 0 radical (unpaired) electrons. The summed E-state index contributed by atoms with van der Waals surface area (Å²) in [5.41, 5.74) is 2.34. The number of anilines is 1. The lowest BCUT2D eigenvalue weighted by Gasteiger charge is -2.11. The maximum atomic E-state index is 13.8. The van der Waals surface area contributed by atoms with Gasteiger partial charge in [-0.2, -0.15) is 0 Å². The molecule has 3 rings (SSSR count). The number of ether oxygens (including phenoxy) is 1. The molecule has 0 spiro atoms. The highest BCUT2D eigenvalue weighted by Gasteiger charge is 2.08. The molecular formula is C21H17ClFNO3. The zero-order chi connectivity index (χ0) is 19.2. The van der Waals surface area contributed by atoms with Crippen molar-refractivity contribution in [2.45, 2.75) is 13.2 Å². The Morgan fingerprint density at radius 2 is 1.81 bits per heavy atom. The van der Waals surface area contributed by atoms with Crippen LogP contribution in [-0.4, -0.2) is 11.1 Å². The number of rotatable bonds is 7. The van der Waals surface area contributed by atoms with Crippen molar-refractivity contribution in [2.75, 3.05) is 5.32 Å². The summed E-state index contributed by atoms with van der Waals surface area (Å²) in [7, 11) is 0. The Bertz CT molecular complexity index is 924. The van der Waals surface area contributed by atoms with Crippen LogP contribution in [0.2, 0.25) is 5.02 Å². The van der Waals surface area contributed by atoms with Gasteiger partial charge in [-0.05, 0) is 54.1 Å². The molecule has 0 fully saturated rings. The summed E-state index contributed by atoms with van der Waals surface area (Å²) >= 11 is 6.01. The topological polar surface area (TPSA) is 58.6 Å². The van der Waals surface area contributed by atoms with Gasteiger partial charge in [0.1, 0.15) is 18.2 Å². The molecule has 0 amide bonds. The van der Waals surface area contributed by atoms with Gasteiger partial charge in [-0.1, -0.05) is 29.8 Å². The molecule has 3 aromatic rings. The van der Waals surface area contributed by atoms with Crippen LogP contribution in [-0.2, 0) is 13.2 Å². The lowest BCUT2D eigenvalue weighted by Crippen LogP contribution is -2.02. The first-order valence-electron chi connectivity index (χ1n) is 8.25. The fraction of sp³-hybridized carbons (Fsp3) is 0.0952. The van der Waals surface area contributed by atoms with Gasteiger partial charge in [-0.15, -0.1) is 0 Å². The number of nitrogens with one attached hydrogen (secondary N) is 1. The molecule has 0 aromatic heterocycles. The van der Waals surface area contributed by atoms with Crippen molar-refractivity contribution in [3.8, 4) is 5.75 Å². The molecule has 0 saturated carbocycles. The lowest BCUT2D eigenvalue weighted by molar-refractivity contribution is 0.0697. The Labute approximate surface area is 161 Å². The number of benzene rings is 3. The van der Waals surface area contributed by atoms with Gasteiger partial charge in [-0.3, -0.25) is 0 Å². The molecule has 0 aliphatic heterocycles. The van der Waals surface area contributed by atoms with E-state index in [1.807, 2.05) is 18.2 Å². The lowest BCUT2D eigenvalue weighted by atomic mass is 10.2. The van der Waals surface area contributed by atoms with Crippen LogP contribution in [0.5, 0.6) is 5.75 Å². The summed E-state index contributed by atoms with van der Waals surface area (Å²) in [6.45, 7) is 0.573. The quantitative estimate of drug-likeness (QED) is 0.574. The van der Waals surface area contributed by atoms with E-state index in [0.717, 1.165) is 11.3 Å². The van der Waals surface area contributed by atoms with Crippen molar-refractivity contribution in [1.82, 2.24) is 0 Å². The third-order valence-corrected chi connectivity index (χ3v) is 4.33. The standard InChI is InChI=1S/C21H17ClFNO3/c22-19-5-2-6-20(23)18(19)13-27-17-4-1-3-14(11-17)12-24-16-9-7-15(8-10-16)21(25)26/h1-11,24H,12-13H2,(H,25,26). The summed E-state index contributed by atoms with van der Waals surface area (Å²) < 4.78 is 19.5. The summed E-state index contributed by atoms with van der Waals surface area (Å²) in [6, 6.07) is 18.5. The first-order chi connectivity index (χ1) is 13.0. The molecule has 0 bridgehead atoms. The van der Waals surface area contributed by atoms with Crippen LogP contribution in [0, 0.1) is 5.82 Å². The number of hydrogen-bond donors (Lipinski definition) is 2. The molecule has 3 aromatic carbocycles. The maximum Gasteiger partial charge on any atom is 0.335 e. The van der Waals surface area contributed by atoms with Crippen molar-refractivity contribution in [3.63, 3.8) is 0 Å². The van der Waals surface area contributed by atoms with E-state index in [0.29, 0.717) is 22.9 Å². The SMILES string of the molecule is O=C(O)c1ccc(NCc2cccc(OCc3c(F)cccc3Cl)c2)cc1. The second-order valence-electron chi connectivity index (χ2n) is 5.87. The number of halogens is 2. The number of carbonyl (C=O) groups is 1. The average Bonchev–Trinajstić information content (AvgIpc) is 2.67. The van der Waals surface area contributed by atoms with Gasteiger partial charge >= 0.3 is 5.97 Å². The van der Waals surface area contributed by atoms with Gasteiger partial charge in [0, 0.05) is 17.8 Å². The molecule has 0 atom stereocenters. The minimum absolute atomic E-state index is 0.0407. The van der Waals surface area contributed by atoms with Gasteiger partial charge in [0.25, 0.3) is 0 Å². The van der Waals surface area contributed by atoms with E-state index in [4.69, 9.17) is 21.4 Å². The van der Waals surface area contributed by atoms with E-state index in [1.54, 1.807) is 42.5 Å². The van der Waals surface area contributed by atoms with Gasteiger partial charge in [0.15, 0.2) is 0 Å². The van der Waals surface area contributed by atoms with Crippen LogP contribution in [0.15, 0.2) is 66.7 Å². The fourth-order valence-electron chi connectivity index (χ4n) is 2.51. The predicted octanol–water partition coefficient (Wildman–Crippen LogP) is 5.37. The van der Waals surface area contributed by atoms with Crippen molar-refractivity contribution < 1.29 is 19.0 Å². The largest absolute Gasteiger partial charge is 0.489 e. The molecule has 27 heavy (non-hydrogen) atoms. The fourth-order valence-corrected chi connectivity index (χ4v) is 2.72. The van der Waals surface area contributed by atoms with E-state index >= 15 is 0 Å². The summed E-state index contributed by atoms with van der Waals surface area (Å²) in [5.74, 6) is -0.749. The summed E-state index contributed by atoms with van der Waals surface area (Å²) in [6.07, 6.45) is 0.